The Morgan fingerprint density at radius 1 is 1.10 bits per heavy atom. The summed E-state index contributed by atoms with van der Waals surface area (Å²) in [6, 6.07) is 13.1. The SMILES string of the molecule is C=CC(OCc1ccc(OC)cc1)c1c(Cl)cccc1Cl. The minimum absolute atomic E-state index is 0.353. The van der Waals surface area contributed by atoms with Crippen molar-refractivity contribution in [3.8, 4) is 5.75 Å². The van der Waals surface area contributed by atoms with Crippen molar-refractivity contribution < 1.29 is 9.47 Å². The molecule has 1 atom stereocenters. The lowest BCUT2D eigenvalue weighted by molar-refractivity contribution is 0.0721. The van der Waals surface area contributed by atoms with Crippen LogP contribution in [0.25, 0.3) is 0 Å². The summed E-state index contributed by atoms with van der Waals surface area (Å²) < 4.78 is 11.0. The number of benzene rings is 2. The summed E-state index contributed by atoms with van der Waals surface area (Å²) in [7, 11) is 1.64. The van der Waals surface area contributed by atoms with Gasteiger partial charge in [0.25, 0.3) is 0 Å². The molecule has 1 unspecified atom stereocenters. The Morgan fingerprint density at radius 3 is 2.24 bits per heavy atom. The van der Waals surface area contributed by atoms with Gasteiger partial charge in [0.15, 0.2) is 0 Å². The highest BCUT2D eigenvalue weighted by atomic mass is 35.5. The van der Waals surface area contributed by atoms with Crippen LogP contribution in [-0.4, -0.2) is 7.11 Å². The number of hydrogen-bond donors (Lipinski definition) is 0. The van der Waals surface area contributed by atoms with Gasteiger partial charge < -0.3 is 9.47 Å². The lowest BCUT2D eigenvalue weighted by Crippen LogP contribution is -2.03. The van der Waals surface area contributed by atoms with Gasteiger partial charge in [0.05, 0.1) is 13.7 Å². The molecule has 110 valence electrons. The quantitative estimate of drug-likeness (QED) is 0.659. The zero-order valence-electron chi connectivity index (χ0n) is 11.7. The average Bonchev–Trinajstić information content (AvgIpc) is 2.50. The van der Waals surface area contributed by atoms with Crippen LogP contribution >= 0.6 is 23.2 Å². The van der Waals surface area contributed by atoms with E-state index in [9.17, 15) is 0 Å². The molecular formula is C17H16Cl2O2. The van der Waals surface area contributed by atoms with Crippen molar-refractivity contribution in [2.75, 3.05) is 7.11 Å². The molecule has 21 heavy (non-hydrogen) atoms. The van der Waals surface area contributed by atoms with Crippen LogP contribution in [0.1, 0.15) is 17.2 Å². The minimum Gasteiger partial charge on any atom is -0.497 e. The number of hydrogen-bond acceptors (Lipinski definition) is 2. The van der Waals surface area contributed by atoms with Crippen LogP contribution in [0.2, 0.25) is 10.0 Å². The average molecular weight is 323 g/mol. The number of methoxy groups -OCH3 is 1. The minimum atomic E-state index is -0.353. The molecule has 2 aromatic carbocycles. The van der Waals surface area contributed by atoms with E-state index < -0.39 is 0 Å². The standard InChI is InChI=1S/C17H16Cl2O2/c1-3-16(17-14(18)5-4-6-15(17)19)21-11-12-7-9-13(20-2)10-8-12/h3-10,16H,1,11H2,2H3. The van der Waals surface area contributed by atoms with Crippen LogP contribution in [0.3, 0.4) is 0 Å². The van der Waals surface area contributed by atoms with Crippen LogP contribution in [0.4, 0.5) is 0 Å². The fourth-order valence-electron chi connectivity index (χ4n) is 1.96. The monoisotopic (exact) mass is 322 g/mol. The van der Waals surface area contributed by atoms with Crippen molar-refractivity contribution in [1.29, 1.82) is 0 Å². The molecule has 0 saturated heterocycles. The molecule has 2 nitrogen and oxygen atoms in total. The third-order valence-corrected chi connectivity index (χ3v) is 3.75. The van der Waals surface area contributed by atoms with Crippen LogP contribution in [0.5, 0.6) is 5.75 Å². The lowest BCUT2D eigenvalue weighted by atomic mass is 10.1. The van der Waals surface area contributed by atoms with Crippen LogP contribution < -0.4 is 4.74 Å². The second-order valence-electron chi connectivity index (χ2n) is 4.45. The molecule has 0 radical (unpaired) electrons. The number of ether oxygens (including phenoxy) is 2. The van der Waals surface area contributed by atoms with Gasteiger partial charge in [0.1, 0.15) is 11.9 Å². The Morgan fingerprint density at radius 2 is 1.71 bits per heavy atom. The first-order valence-electron chi connectivity index (χ1n) is 6.46. The van der Waals surface area contributed by atoms with Crippen LogP contribution in [0, 0.1) is 0 Å². The first kappa shape index (κ1) is 15.9. The van der Waals surface area contributed by atoms with Crippen molar-refractivity contribution >= 4 is 23.2 Å². The Labute approximate surface area is 134 Å². The second kappa shape index (κ2) is 7.51. The highest BCUT2D eigenvalue weighted by Crippen LogP contribution is 2.33. The van der Waals surface area contributed by atoms with Gasteiger partial charge >= 0.3 is 0 Å². The van der Waals surface area contributed by atoms with E-state index in [1.54, 1.807) is 31.4 Å². The normalized spacial score (nSPS) is 12.0. The maximum Gasteiger partial charge on any atom is 0.118 e. The van der Waals surface area contributed by atoms with Gasteiger partial charge in [0, 0.05) is 15.6 Å². The molecule has 0 N–H and O–H groups in total. The predicted molar refractivity (Wildman–Crippen MR) is 87.2 cm³/mol. The first-order valence-corrected chi connectivity index (χ1v) is 7.22. The second-order valence-corrected chi connectivity index (χ2v) is 5.27. The topological polar surface area (TPSA) is 18.5 Å². The Hall–Kier alpha value is -1.48. The smallest absolute Gasteiger partial charge is 0.118 e. The fraction of sp³-hybridized carbons (Fsp3) is 0.176. The van der Waals surface area contributed by atoms with E-state index in [0.29, 0.717) is 16.7 Å². The van der Waals surface area contributed by atoms with Crippen LogP contribution in [0.15, 0.2) is 55.1 Å². The molecule has 0 aliphatic heterocycles. The van der Waals surface area contributed by atoms with Crippen molar-refractivity contribution in [3.05, 3.63) is 76.3 Å². The van der Waals surface area contributed by atoms with E-state index in [4.69, 9.17) is 32.7 Å². The van der Waals surface area contributed by atoms with E-state index in [1.165, 1.54) is 0 Å². The summed E-state index contributed by atoms with van der Waals surface area (Å²) in [4.78, 5) is 0. The summed E-state index contributed by atoms with van der Waals surface area (Å²) in [6.07, 6.45) is 1.34. The van der Waals surface area contributed by atoms with Crippen molar-refractivity contribution in [2.45, 2.75) is 12.7 Å². The molecule has 0 heterocycles. The van der Waals surface area contributed by atoms with Crippen molar-refractivity contribution in [3.63, 3.8) is 0 Å². The van der Waals surface area contributed by atoms with E-state index in [2.05, 4.69) is 6.58 Å². The van der Waals surface area contributed by atoms with Gasteiger partial charge in [0.2, 0.25) is 0 Å². The van der Waals surface area contributed by atoms with E-state index in [-0.39, 0.29) is 6.10 Å². The van der Waals surface area contributed by atoms with Gasteiger partial charge in [-0.05, 0) is 29.8 Å². The Balaban J connectivity index is 2.10. The molecular weight excluding hydrogens is 307 g/mol. The summed E-state index contributed by atoms with van der Waals surface area (Å²) in [5, 5.41) is 1.14. The molecule has 0 fully saturated rings. The van der Waals surface area contributed by atoms with Gasteiger partial charge in [-0.1, -0.05) is 47.5 Å². The predicted octanol–water partition coefficient (Wildman–Crippen LogP) is 5.45. The largest absolute Gasteiger partial charge is 0.497 e. The van der Waals surface area contributed by atoms with E-state index in [1.807, 2.05) is 24.3 Å². The number of halogens is 2. The summed E-state index contributed by atoms with van der Waals surface area (Å²) >= 11 is 12.4. The molecule has 0 aliphatic carbocycles. The Kier molecular flexibility index (Phi) is 5.68. The zero-order valence-corrected chi connectivity index (χ0v) is 13.2. The first-order chi connectivity index (χ1) is 10.2. The van der Waals surface area contributed by atoms with Gasteiger partial charge in [-0.3, -0.25) is 0 Å². The molecule has 0 bridgehead atoms. The Bertz CT molecular complexity index is 588. The molecule has 0 aromatic heterocycles. The molecule has 0 aliphatic rings. The van der Waals surface area contributed by atoms with Crippen molar-refractivity contribution in [1.82, 2.24) is 0 Å². The molecule has 4 heteroatoms. The lowest BCUT2D eigenvalue weighted by Gasteiger charge is -2.17. The van der Waals surface area contributed by atoms with Gasteiger partial charge in [-0.15, -0.1) is 6.58 Å². The molecule has 2 aromatic rings. The molecule has 2 rings (SSSR count). The maximum absolute atomic E-state index is 6.20. The van der Waals surface area contributed by atoms with Gasteiger partial charge in [-0.25, -0.2) is 0 Å². The van der Waals surface area contributed by atoms with Crippen LogP contribution in [-0.2, 0) is 11.3 Å². The fourth-order valence-corrected chi connectivity index (χ4v) is 2.57. The van der Waals surface area contributed by atoms with Gasteiger partial charge in [-0.2, -0.15) is 0 Å². The molecule has 0 saturated carbocycles. The summed E-state index contributed by atoms with van der Waals surface area (Å²) in [5.74, 6) is 0.813. The number of rotatable bonds is 6. The summed E-state index contributed by atoms with van der Waals surface area (Å²) in [6.45, 7) is 4.23. The van der Waals surface area contributed by atoms with E-state index >= 15 is 0 Å². The maximum atomic E-state index is 6.20. The third kappa shape index (κ3) is 4.01. The third-order valence-electron chi connectivity index (χ3n) is 3.09. The summed E-state index contributed by atoms with van der Waals surface area (Å²) in [5.41, 5.74) is 1.77. The van der Waals surface area contributed by atoms with Crippen molar-refractivity contribution in [2.24, 2.45) is 0 Å². The molecule has 0 spiro atoms. The van der Waals surface area contributed by atoms with E-state index in [0.717, 1.165) is 16.9 Å². The highest BCUT2D eigenvalue weighted by molar-refractivity contribution is 6.36. The highest BCUT2D eigenvalue weighted by Gasteiger charge is 2.15. The molecule has 0 amide bonds. The zero-order chi connectivity index (χ0) is 15.2.